The summed E-state index contributed by atoms with van der Waals surface area (Å²) in [5.41, 5.74) is 1.55. The monoisotopic (exact) mass is 249 g/mol. The minimum absolute atomic E-state index is 0.0455. The number of nitrogens with zero attached hydrogens (tertiary/aromatic N) is 1. The zero-order valence-corrected chi connectivity index (χ0v) is 10.9. The third-order valence-electron chi connectivity index (χ3n) is 3.18. The fourth-order valence-corrected chi connectivity index (χ4v) is 2.32. The van der Waals surface area contributed by atoms with E-state index in [9.17, 15) is 9.59 Å². The first-order valence-electron chi connectivity index (χ1n) is 6.47. The molecule has 0 bridgehead atoms. The van der Waals surface area contributed by atoms with Gasteiger partial charge >= 0.3 is 0 Å². The Morgan fingerprint density at radius 3 is 2.78 bits per heavy atom. The maximum absolute atomic E-state index is 11.9. The first-order chi connectivity index (χ1) is 8.59. The van der Waals surface area contributed by atoms with E-state index in [1.54, 1.807) is 10.6 Å². The van der Waals surface area contributed by atoms with Crippen molar-refractivity contribution in [1.82, 2.24) is 4.57 Å². The van der Waals surface area contributed by atoms with Crippen LogP contribution in [0.2, 0.25) is 0 Å². The summed E-state index contributed by atoms with van der Waals surface area (Å²) < 4.78 is 7.16. The lowest BCUT2D eigenvalue weighted by Gasteiger charge is -2.20. The first kappa shape index (κ1) is 13.0. The number of hydrogen-bond donors (Lipinski definition) is 0. The molecule has 0 aromatic carbocycles. The number of rotatable bonds is 4. The molecule has 0 fully saturated rings. The fourth-order valence-electron chi connectivity index (χ4n) is 2.32. The Labute approximate surface area is 107 Å². The highest BCUT2D eigenvalue weighted by atomic mass is 16.5. The van der Waals surface area contributed by atoms with Crippen molar-refractivity contribution >= 4 is 5.78 Å². The van der Waals surface area contributed by atoms with Gasteiger partial charge in [0.25, 0.3) is 5.56 Å². The second kappa shape index (κ2) is 5.48. The molecule has 2 rings (SSSR count). The van der Waals surface area contributed by atoms with Crippen molar-refractivity contribution < 1.29 is 9.53 Å². The van der Waals surface area contributed by atoms with E-state index < -0.39 is 0 Å². The number of fused-ring (bicyclic) bond motifs is 1. The first-order valence-corrected chi connectivity index (χ1v) is 6.47. The molecule has 0 saturated carbocycles. The molecule has 1 aliphatic carbocycles. The van der Waals surface area contributed by atoms with Crippen molar-refractivity contribution in [3.63, 3.8) is 0 Å². The molecule has 18 heavy (non-hydrogen) atoms. The molecule has 0 atom stereocenters. The van der Waals surface area contributed by atoms with Crippen LogP contribution in [-0.2, 0) is 17.7 Å². The average Bonchev–Trinajstić information content (AvgIpc) is 2.32. The maximum Gasteiger partial charge on any atom is 0.250 e. The second-order valence-corrected chi connectivity index (χ2v) is 4.88. The molecule has 0 unspecified atom stereocenters. The highest BCUT2D eigenvalue weighted by Crippen LogP contribution is 2.19. The molecule has 98 valence electrons. The zero-order valence-electron chi connectivity index (χ0n) is 10.9. The number of ether oxygens (including phenoxy) is 1. The Bertz CT molecular complexity index is 502. The van der Waals surface area contributed by atoms with Crippen molar-refractivity contribution in [2.45, 2.75) is 45.8 Å². The van der Waals surface area contributed by atoms with Crippen LogP contribution >= 0.6 is 0 Å². The average molecular weight is 249 g/mol. The molecule has 1 aromatic rings. The highest BCUT2D eigenvalue weighted by Gasteiger charge is 2.20. The van der Waals surface area contributed by atoms with Gasteiger partial charge in [-0.1, -0.05) is 0 Å². The van der Waals surface area contributed by atoms with Gasteiger partial charge in [-0.3, -0.25) is 9.59 Å². The normalized spacial score (nSPS) is 14.9. The summed E-state index contributed by atoms with van der Waals surface area (Å²) >= 11 is 0. The van der Waals surface area contributed by atoms with E-state index in [-0.39, 0.29) is 17.4 Å². The third-order valence-corrected chi connectivity index (χ3v) is 3.18. The van der Waals surface area contributed by atoms with Gasteiger partial charge in [0.1, 0.15) is 0 Å². The molecule has 4 heteroatoms. The van der Waals surface area contributed by atoms with Crippen LogP contribution in [0, 0.1) is 0 Å². The zero-order chi connectivity index (χ0) is 13.1. The lowest BCUT2D eigenvalue weighted by atomic mass is 9.94. The van der Waals surface area contributed by atoms with Gasteiger partial charge < -0.3 is 9.30 Å². The van der Waals surface area contributed by atoms with Gasteiger partial charge in [0.05, 0.1) is 12.7 Å². The van der Waals surface area contributed by atoms with Crippen LogP contribution in [0.4, 0.5) is 0 Å². The molecular formula is C14H19NO3. The molecule has 0 spiro atoms. The Hall–Kier alpha value is -1.42. The van der Waals surface area contributed by atoms with Crippen molar-refractivity contribution in [2.24, 2.45) is 0 Å². The predicted octanol–water partition coefficient (Wildman–Crippen LogP) is 1.79. The number of hydrogen-bond acceptors (Lipinski definition) is 3. The number of pyridine rings is 1. The standard InChI is InChI=1S/C14H19NO3/c1-10(2)18-9-8-15-12-4-3-5-13(16)11(12)6-7-14(15)17/h6-7,10H,3-5,8-9H2,1-2H3. The quantitative estimate of drug-likeness (QED) is 0.817. The minimum atomic E-state index is -0.0455. The highest BCUT2D eigenvalue weighted by molar-refractivity contribution is 5.97. The number of carbonyl (C=O) groups excluding carboxylic acids is 1. The van der Waals surface area contributed by atoms with E-state index in [2.05, 4.69) is 0 Å². The SMILES string of the molecule is CC(C)OCCn1c2c(ccc1=O)C(=O)CCC2. The van der Waals surface area contributed by atoms with Gasteiger partial charge in [0.15, 0.2) is 5.78 Å². The number of ketones is 1. The Morgan fingerprint density at radius 2 is 2.06 bits per heavy atom. The topological polar surface area (TPSA) is 48.3 Å². The molecule has 0 amide bonds. The van der Waals surface area contributed by atoms with Crippen LogP contribution in [0.3, 0.4) is 0 Å². The number of Topliss-reactive ketones (excluding diaryl/α,β-unsaturated/α-hetero) is 1. The summed E-state index contributed by atoms with van der Waals surface area (Å²) in [6.45, 7) is 4.95. The summed E-state index contributed by atoms with van der Waals surface area (Å²) in [4.78, 5) is 23.7. The summed E-state index contributed by atoms with van der Waals surface area (Å²) in [6.07, 6.45) is 2.38. The van der Waals surface area contributed by atoms with Gasteiger partial charge in [-0.05, 0) is 32.8 Å². The van der Waals surface area contributed by atoms with E-state index in [1.807, 2.05) is 13.8 Å². The van der Waals surface area contributed by atoms with Crippen LogP contribution in [0.5, 0.6) is 0 Å². The molecule has 1 aromatic heterocycles. The molecule has 0 radical (unpaired) electrons. The van der Waals surface area contributed by atoms with Crippen LogP contribution in [0.1, 0.15) is 42.7 Å². The van der Waals surface area contributed by atoms with Crippen LogP contribution in [-0.4, -0.2) is 23.1 Å². The van der Waals surface area contributed by atoms with Gasteiger partial charge in [-0.25, -0.2) is 0 Å². The van der Waals surface area contributed by atoms with Crippen LogP contribution in [0.15, 0.2) is 16.9 Å². The molecule has 1 aliphatic rings. The van der Waals surface area contributed by atoms with Crippen LogP contribution < -0.4 is 5.56 Å². The van der Waals surface area contributed by atoms with Crippen LogP contribution in [0.25, 0.3) is 0 Å². The van der Waals surface area contributed by atoms with Gasteiger partial charge in [-0.2, -0.15) is 0 Å². The third kappa shape index (κ3) is 2.70. The molecular weight excluding hydrogens is 230 g/mol. The summed E-state index contributed by atoms with van der Waals surface area (Å²) in [6, 6.07) is 3.15. The Kier molecular flexibility index (Phi) is 3.97. The molecule has 1 heterocycles. The predicted molar refractivity (Wildman–Crippen MR) is 69.1 cm³/mol. The van der Waals surface area contributed by atoms with Crippen molar-refractivity contribution in [3.8, 4) is 0 Å². The number of carbonyl (C=O) groups is 1. The van der Waals surface area contributed by atoms with Crippen molar-refractivity contribution in [2.75, 3.05) is 6.61 Å². The van der Waals surface area contributed by atoms with E-state index in [0.29, 0.717) is 25.1 Å². The molecule has 0 saturated heterocycles. The summed E-state index contributed by atoms with van der Waals surface area (Å²) in [7, 11) is 0. The fraction of sp³-hybridized carbons (Fsp3) is 0.571. The van der Waals surface area contributed by atoms with E-state index in [4.69, 9.17) is 4.74 Å². The van der Waals surface area contributed by atoms with Gasteiger partial charge in [0.2, 0.25) is 0 Å². The lowest BCUT2D eigenvalue weighted by Crippen LogP contribution is -2.29. The molecule has 0 N–H and O–H groups in total. The van der Waals surface area contributed by atoms with E-state index in [0.717, 1.165) is 18.5 Å². The smallest absolute Gasteiger partial charge is 0.250 e. The second-order valence-electron chi connectivity index (χ2n) is 4.88. The summed E-state index contributed by atoms with van der Waals surface area (Å²) in [5, 5.41) is 0. The van der Waals surface area contributed by atoms with E-state index >= 15 is 0 Å². The Balaban J connectivity index is 2.26. The Morgan fingerprint density at radius 1 is 1.28 bits per heavy atom. The number of aromatic nitrogens is 1. The largest absolute Gasteiger partial charge is 0.377 e. The van der Waals surface area contributed by atoms with Crippen molar-refractivity contribution in [3.05, 3.63) is 33.7 Å². The minimum Gasteiger partial charge on any atom is -0.377 e. The summed E-state index contributed by atoms with van der Waals surface area (Å²) in [5.74, 6) is 0.148. The van der Waals surface area contributed by atoms with Crippen molar-refractivity contribution in [1.29, 1.82) is 0 Å². The van der Waals surface area contributed by atoms with Gasteiger partial charge in [0, 0.05) is 30.3 Å². The molecule has 0 aliphatic heterocycles. The van der Waals surface area contributed by atoms with Gasteiger partial charge in [-0.15, -0.1) is 0 Å². The van der Waals surface area contributed by atoms with E-state index in [1.165, 1.54) is 6.07 Å². The lowest BCUT2D eigenvalue weighted by molar-refractivity contribution is 0.0715. The maximum atomic E-state index is 11.9. The molecule has 4 nitrogen and oxygen atoms in total.